The summed E-state index contributed by atoms with van der Waals surface area (Å²) in [5, 5.41) is 3.69. The monoisotopic (exact) mass is 387 g/mol. The predicted octanol–water partition coefficient (Wildman–Crippen LogP) is 3.77. The Hall–Kier alpha value is -2.60. The molecule has 1 fully saturated rings. The van der Waals surface area contributed by atoms with Gasteiger partial charge in [-0.25, -0.2) is 4.79 Å². The van der Waals surface area contributed by atoms with Gasteiger partial charge in [0.2, 0.25) is 0 Å². The van der Waals surface area contributed by atoms with E-state index in [1.165, 1.54) is 5.69 Å². The van der Waals surface area contributed by atoms with Crippen LogP contribution in [0.2, 0.25) is 5.02 Å². The molecule has 0 radical (unpaired) electrons. The van der Waals surface area contributed by atoms with E-state index < -0.39 is 0 Å². The zero-order chi connectivity index (χ0) is 18.8. The lowest BCUT2D eigenvalue weighted by atomic mass is 10.1. The SMILES string of the molecule is Cc1cc(Cl)ccc1N1CCN(C(=O)Nc2ccc3c(c2)OCCO3)CC1. The smallest absolute Gasteiger partial charge is 0.321 e. The molecule has 2 aromatic carbocycles. The summed E-state index contributed by atoms with van der Waals surface area (Å²) in [5.41, 5.74) is 3.03. The standard InChI is InChI=1S/C20H22ClN3O3/c1-14-12-15(21)2-4-17(14)23-6-8-24(9-7-23)20(25)22-16-3-5-18-19(13-16)27-11-10-26-18/h2-5,12-13H,6-11H2,1H3,(H,22,25). The first-order valence-electron chi connectivity index (χ1n) is 9.07. The number of piperazine rings is 1. The molecule has 0 spiro atoms. The molecule has 2 amide bonds. The van der Waals surface area contributed by atoms with E-state index in [9.17, 15) is 4.79 Å². The summed E-state index contributed by atoms with van der Waals surface area (Å²) in [7, 11) is 0. The summed E-state index contributed by atoms with van der Waals surface area (Å²) in [5.74, 6) is 1.38. The van der Waals surface area contributed by atoms with Gasteiger partial charge in [0.1, 0.15) is 13.2 Å². The van der Waals surface area contributed by atoms with Crippen LogP contribution in [0.1, 0.15) is 5.56 Å². The Morgan fingerprint density at radius 1 is 1.00 bits per heavy atom. The molecule has 2 aliphatic rings. The van der Waals surface area contributed by atoms with Crippen LogP contribution >= 0.6 is 11.6 Å². The number of aryl methyl sites for hydroxylation is 1. The molecule has 2 heterocycles. The van der Waals surface area contributed by atoms with Crippen molar-refractivity contribution in [2.45, 2.75) is 6.92 Å². The van der Waals surface area contributed by atoms with Crippen molar-refractivity contribution in [3.05, 3.63) is 47.0 Å². The first-order valence-corrected chi connectivity index (χ1v) is 9.44. The fourth-order valence-electron chi connectivity index (χ4n) is 3.45. The molecule has 142 valence electrons. The maximum atomic E-state index is 12.6. The van der Waals surface area contributed by atoms with Crippen molar-refractivity contribution >= 4 is 29.0 Å². The molecule has 2 aromatic rings. The van der Waals surface area contributed by atoms with Gasteiger partial charge in [-0.3, -0.25) is 0 Å². The van der Waals surface area contributed by atoms with Gasteiger partial charge < -0.3 is 24.6 Å². The Kier molecular flexibility index (Phi) is 4.99. The molecule has 0 aliphatic carbocycles. The van der Waals surface area contributed by atoms with Gasteiger partial charge in [0.05, 0.1) is 0 Å². The number of amides is 2. The van der Waals surface area contributed by atoms with Gasteiger partial charge >= 0.3 is 6.03 Å². The molecule has 2 aliphatic heterocycles. The molecule has 7 heteroatoms. The lowest BCUT2D eigenvalue weighted by molar-refractivity contribution is 0.171. The number of fused-ring (bicyclic) bond motifs is 1. The van der Waals surface area contributed by atoms with Crippen LogP contribution in [0.15, 0.2) is 36.4 Å². The molecule has 1 N–H and O–H groups in total. The first-order chi connectivity index (χ1) is 13.1. The summed E-state index contributed by atoms with van der Waals surface area (Å²) in [6.45, 7) is 6.04. The third-order valence-electron chi connectivity index (χ3n) is 4.86. The molecule has 0 saturated carbocycles. The number of nitrogens with zero attached hydrogens (tertiary/aromatic N) is 2. The number of benzene rings is 2. The van der Waals surface area contributed by atoms with Crippen LogP contribution in [0.4, 0.5) is 16.2 Å². The highest BCUT2D eigenvalue weighted by atomic mass is 35.5. The van der Waals surface area contributed by atoms with E-state index in [-0.39, 0.29) is 6.03 Å². The normalized spacial score (nSPS) is 16.2. The highest BCUT2D eigenvalue weighted by molar-refractivity contribution is 6.30. The number of carbonyl (C=O) groups is 1. The average molecular weight is 388 g/mol. The number of urea groups is 1. The summed E-state index contributed by atoms with van der Waals surface area (Å²) in [6.07, 6.45) is 0. The van der Waals surface area contributed by atoms with E-state index in [2.05, 4.69) is 17.1 Å². The second-order valence-corrected chi connectivity index (χ2v) is 7.13. The Morgan fingerprint density at radius 3 is 2.48 bits per heavy atom. The Labute approximate surface area is 163 Å². The van der Waals surface area contributed by atoms with E-state index in [4.69, 9.17) is 21.1 Å². The van der Waals surface area contributed by atoms with Gasteiger partial charge in [0.25, 0.3) is 0 Å². The lowest BCUT2D eigenvalue weighted by Gasteiger charge is -2.36. The number of anilines is 2. The van der Waals surface area contributed by atoms with Gasteiger partial charge in [0, 0.05) is 48.6 Å². The van der Waals surface area contributed by atoms with Gasteiger partial charge in [-0.05, 0) is 42.8 Å². The molecule has 1 saturated heterocycles. The fourth-order valence-corrected chi connectivity index (χ4v) is 3.67. The predicted molar refractivity (Wildman–Crippen MR) is 106 cm³/mol. The van der Waals surface area contributed by atoms with Crippen molar-refractivity contribution in [3.63, 3.8) is 0 Å². The molecule has 0 atom stereocenters. The third-order valence-corrected chi connectivity index (χ3v) is 5.09. The highest BCUT2D eigenvalue weighted by Crippen LogP contribution is 2.32. The molecule has 4 rings (SSSR count). The number of hydrogen-bond acceptors (Lipinski definition) is 4. The Balaban J connectivity index is 1.36. The maximum absolute atomic E-state index is 12.6. The van der Waals surface area contributed by atoms with E-state index in [1.807, 2.05) is 35.2 Å². The Bertz CT molecular complexity index is 850. The van der Waals surface area contributed by atoms with Gasteiger partial charge in [-0.1, -0.05) is 11.6 Å². The minimum Gasteiger partial charge on any atom is -0.486 e. The summed E-state index contributed by atoms with van der Waals surface area (Å²) >= 11 is 6.05. The Morgan fingerprint density at radius 2 is 1.74 bits per heavy atom. The maximum Gasteiger partial charge on any atom is 0.321 e. The first kappa shape index (κ1) is 17.8. The van der Waals surface area contributed by atoms with Crippen LogP contribution in [0.25, 0.3) is 0 Å². The molecule has 0 bridgehead atoms. The van der Waals surface area contributed by atoms with Crippen molar-refractivity contribution in [2.75, 3.05) is 49.6 Å². The minimum absolute atomic E-state index is 0.0980. The van der Waals surface area contributed by atoms with Crippen LogP contribution in [0.5, 0.6) is 11.5 Å². The van der Waals surface area contributed by atoms with Gasteiger partial charge in [-0.2, -0.15) is 0 Å². The van der Waals surface area contributed by atoms with Crippen molar-refractivity contribution in [1.29, 1.82) is 0 Å². The van der Waals surface area contributed by atoms with Gasteiger partial charge in [0.15, 0.2) is 11.5 Å². The number of rotatable bonds is 2. The summed E-state index contributed by atoms with van der Waals surface area (Å²) in [4.78, 5) is 16.7. The second kappa shape index (κ2) is 7.56. The van der Waals surface area contributed by atoms with E-state index in [0.717, 1.165) is 23.7 Å². The van der Waals surface area contributed by atoms with Crippen LogP contribution < -0.4 is 19.7 Å². The highest BCUT2D eigenvalue weighted by Gasteiger charge is 2.22. The van der Waals surface area contributed by atoms with Crippen molar-refractivity contribution < 1.29 is 14.3 Å². The zero-order valence-corrected chi connectivity index (χ0v) is 16.0. The van der Waals surface area contributed by atoms with E-state index in [0.29, 0.717) is 43.5 Å². The molecule has 0 unspecified atom stereocenters. The number of carbonyl (C=O) groups excluding carboxylic acids is 1. The van der Waals surface area contributed by atoms with E-state index in [1.54, 1.807) is 6.07 Å². The van der Waals surface area contributed by atoms with E-state index >= 15 is 0 Å². The summed E-state index contributed by atoms with van der Waals surface area (Å²) in [6, 6.07) is 11.3. The largest absolute Gasteiger partial charge is 0.486 e. The van der Waals surface area contributed by atoms with Crippen LogP contribution in [0, 0.1) is 6.92 Å². The number of ether oxygens (including phenoxy) is 2. The number of hydrogen-bond donors (Lipinski definition) is 1. The number of halogens is 1. The number of nitrogens with one attached hydrogen (secondary N) is 1. The average Bonchev–Trinajstić information content (AvgIpc) is 2.68. The summed E-state index contributed by atoms with van der Waals surface area (Å²) < 4.78 is 11.1. The molecule has 27 heavy (non-hydrogen) atoms. The quantitative estimate of drug-likeness (QED) is 0.852. The minimum atomic E-state index is -0.0980. The molecule has 0 aromatic heterocycles. The lowest BCUT2D eigenvalue weighted by Crippen LogP contribution is -2.50. The zero-order valence-electron chi connectivity index (χ0n) is 15.2. The second-order valence-electron chi connectivity index (χ2n) is 6.69. The molecule has 6 nitrogen and oxygen atoms in total. The van der Waals surface area contributed by atoms with Crippen LogP contribution in [-0.2, 0) is 0 Å². The van der Waals surface area contributed by atoms with Crippen molar-refractivity contribution in [2.24, 2.45) is 0 Å². The van der Waals surface area contributed by atoms with Crippen molar-refractivity contribution in [1.82, 2.24) is 4.90 Å². The third kappa shape index (κ3) is 3.90. The molecular weight excluding hydrogens is 366 g/mol. The topological polar surface area (TPSA) is 54.0 Å². The van der Waals surface area contributed by atoms with Crippen molar-refractivity contribution in [3.8, 4) is 11.5 Å². The van der Waals surface area contributed by atoms with Crippen LogP contribution in [0.3, 0.4) is 0 Å². The van der Waals surface area contributed by atoms with Crippen LogP contribution in [-0.4, -0.2) is 50.3 Å². The molecular formula is C20H22ClN3O3. The fraction of sp³-hybridized carbons (Fsp3) is 0.350. The van der Waals surface area contributed by atoms with Gasteiger partial charge in [-0.15, -0.1) is 0 Å².